The minimum absolute atomic E-state index is 0.0267. The molecule has 2 aromatic heterocycles. The first-order valence-electron chi connectivity index (χ1n) is 10.0. The summed E-state index contributed by atoms with van der Waals surface area (Å²) in [5, 5.41) is 2.75. The molecule has 4 rings (SSSR count). The zero-order chi connectivity index (χ0) is 23.6. The molecular weight excluding hydrogens is 446 g/mol. The van der Waals surface area contributed by atoms with Crippen LogP contribution in [0.15, 0.2) is 53.8 Å². The Hall–Kier alpha value is -3.93. The van der Waals surface area contributed by atoms with Crippen molar-refractivity contribution < 1.29 is 18.0 Å². The SMILES string of the molecule is Cc1cc(NS(=O)(=O)c2ccc(NC(=O)C3CN(C(=O)c4cnccn4)C3)cc2)nc(C)n1. The molecule has 3 aromatic rings. The van der Waals surface area contributed by atoms with Gasteiger partial charge in [-0.05, 0) is 38.1 Å². The lowest BCUT2D eigenvalue weighted by Crippen LogP contribution is -2.54. The molecule has 0 unspecified atom stereocenters. The van der Waals surface area contributed by atoms with Crippen LogP contribution in [0.2, 0.25) is 0 Å². The first-order chi connectivity index (χ1) is 15.7. The number of carbonyl (C=O) groups excluding carboxylic acids is 2. The normalized spacial score (nSPS) is 13.8. The monoisotopic (exact) mass is 467 g/mol. The van der Waals surface area contributed by atoms with Crippen LogP contribution in [0, 0.1) is 19.8 Å². The maximum Gasteiger partial charge on any atom is 0.274 e. The summed E-state index contributed by atoms with van der Waals surface area (Å²) in [5.74, 6) is -0.247. The number of aromatic nitrogens is 4. The molecule has 1 aliphatic rings. The average Bonchev–Trinajstić information content (AvgIpc) is 2.72. The Morgan fingerprint density at radius 2 is 1.79 bits per heavy atom. The van der Waals surface area contributed by atoms with Crippen molar-refractivity contribution in [3.05, 3.63) is 66.1 Å². The average molecular weight is 468 g/mol. The minimum atomic E-state index is -3.85. The molecule has 2 N–H and O–H groups in total. The molecule has 1 aliphatic heterocycles. The lowest BCUT2D eigenvalue weighted by atomic mass is 9.98. The Kier molecular flexibility index (Phi) is 6.01. The van der Waals surface area contributed by atoms with Crippen LogP contribution in [-0.2, 0) is 14.8 Å². The topological polar surface area (TPSA) is 147 Å². The summed E-state index contributed by atoms with van der Waals surface area (Å²) in [6.07, 6.45) is 4.30. The van der Waals surface area contributed by atoms with E-state index in [9.17, 15) is 18.0 Å². The van der Waals surface area contributed by atoms with E-state index in [1.165, 1.54) is 53.8 Å². The standard InChI is InChI=1S/C21H21N7O4S/c1-13-9-19(25-14(2)24-13)27-33(31,32)17-5-3-16(4-6-17)26-20(29)15-11-28(12-15)21(30)18-10-22-7-8-23-18/h3-10,15H,11-12H2,1-2H3,(H,26,29)(H,24,25,27). The Labute approximate surface area is 190 Å². The molecule has 2 amide bonds. The second kappa shape index (κ2) is 8.90. The molecule has 0 radical (unpaired) electrons. The van der Waals surface area contributed by atoms with E-state index in [2.05, 4.69) is 30.0 Å². The number of anilines is 2. The van der Waals surface area contributed by atoms with E-state index in [0.717, 1.165) is 0 Å². The van der Waals surface area contributed by atoms with Crippen molar-refractivity contribution in [1.82, 2.24) is 24.8 Å². The van der Waals surface area contributed by atoms with Crippen molar-refractivity contribution in [2.75, 3.05) is 23.1 Å². The van der Waals surface area contributed by atoms with Crippen molar-refractivity contribution in [3.8, 4) is 0 Å². The van der Waals surface area contributed by atoms with E-state index in [1.807, 2.05) is 0 Å². The highest BCUT2D eigenvalue weighted by Gasteiger charge is 2.36. The van der Waals surface area contributed by atoms with Gasteiger partial charge in [0.2, 0.25) is 5.91 Å². The molecule has 0 atom stereocenters. The highest BCUT2D eigenvalue weighted by atomic mass is 32.2. The molecule has 0 aliphatic carbocycles. The number of hydrogen-bond acceptors (Lipinski definition) is 8. The van der Waals surface area contributed by atoms with Crippen molar-refractivity contribution in [3.63, 3.8) is 0 Å². The Morgan fingerprint density at radius 3 is 2.42 bits per heavy atom. The number of nitrogens with one attached hydrogen (secondary N) is 2. The lowest BCUT2D eigenvalue weighted by molar-refractivity contribution is -0.123. The molecule has 0 bridgehead atoms. The van der Waals surface area contributed by atoms with Gasteiger partial charge in [-0.3, -0.25) is 19.3 Å². The van der Waals surface area contributed by atoms with Gasteiger partial charge in [-0.15, -0.1) is 0 Å². The predicted molar refractivity (Wildman–Crippen MR) is 119 cm³/mol. The fourth-order valence-electron chi connectivity index (χ4n) is 3.31. The molecule has 0 saturated carbocycles. The minimum Gasteiger partial charge on any atom is -0.336 e. The molecule has 3 heterocycles. The summed E-state index contributed by atoms with van der Waals surface area (Å²) < 4.78 is 27.7. The number of benzene rings is 1. The first kappa shape index (κ1) is 22.3. The highest BCUT2D eigenvalue weighted by Crippen LogP contribution is 2.22. The van der Waals surface area contributed by atoms with E-state index in [-0.39, 0.29) is 47.2 Å². The van der Waals surface area contributed by atoms with Crippen LogP contribution in [0.5, 0.6) is 0 Å². The molecule has 33 heavy (non-hydrogen) atoms. The highest BCUT2D eigenvalue weighted by molar-refractivity contribution is 7.92. The molecule has 12 heteroatoms. The second-order valence-corrected chi connectivity index (χ2v) is 9.24. The van der Waals surface area contributed by atoms with Crippen molar-refractivity contribution >= 4 is 33.3 Å². The van der Waals surface area contributed by atoms with E-state index in [4.69, 9.17) is 0 Å². The number of sulfonamides is 1. The fourth-order valence-corrected chi connectivity index (χ4v) is 4.30. The van der Waals surface area contributed by atoms with Gasteiger partial charge >= 0.3 is 0 Å². The molecular formula is C21H21N7O4S. The van der Waals surface area contributed by atoms with Gasteiger partial charge in [0, 0.05) is 42.9 Å². The van der Waals surface area contributed by atoms with Crippen molar-refractivity contribution in [2.24, 2.45) is 5.92 Å². The second-order valence-electron chi connectivity index (χ2n) is 7.56. The number of hydrogen-bond donors (Lipinski definition) is 2. The van der Waals surface area contributed by atoms with Crippen LogP contribution in [0.1, 0.15) is 22.0 Å². The van der Waals surface area contributed by atoms with Crippen LogP contribution < -0.4 is 10.0 Å². The third-order valence-electron chi connectivity index (χ3n) is 4.96. The van der Waals surface area contributed by atoms with E-state index in [1.54, 1.807) is 13.8 Å². The lowest BCUT2D eigenvalue weighted by Gasteiger charge is -2.37. The third-order valence-corrected chi connectivity index (χ3v) is 6.33. The van der Waals surface area contributed by atoms with Gasteiger partial charge in [-0.1, -0.05) is 0 Å². The summed E-state index contributed by atoms with van der Waals surface area (Å²) in [4.78, 5) is 42.3. The van der Waals surface area contributed by atoms with Gasteiger partial charge in [-0.25, -0.2) is 23.4 Å². The predicted octanol–water partition coefficient (Wildman–Crippen LogP) is 1.39. The molecule has 170 valence electrons. The van der Waals surface area contributed by atoms with Gasteiger partial charge in [0.25, 0.3) is 15.9 Å². The molecule has 1 aromatic carbocycles. The Balaban J connectivity index is 1.34. The molecule has 1 fully saturated rings. The Morgan fingerprint density at radius 1 is 1.06 bits per heavy atom. The van der Waals surface area contributed by atoms with E-state index in [0.29, 0.717) is 17.2 Å². The van der Waals surface area contributed by atoms with Crippen molar-refractivity contribution in [1.29, 1.82) is 0 Å². The maximum atomic E-state index is 12.6. The Bertz CT molecular complexity index is 1270. The van der Waals surface area contributed by atoms with Crippen LogP contribution in [0.25, 0.3) is 0 Å². The maximum absolute atomic E-state index is 12.6. The summed E-state index contributed by atoms with van der Waals surface area (Å²) in [7, 11) is -3.85. The number of nitrogens with zero attached hydrogens (tertiary/aromatic N) is 5. The summed E-state index contributed by atoms with van der Waals surface area (Å²) in [5.41, 5.74) is 1.33. The number of rotatable bonds is 6. The number of likely N-dealkylation sites (tertiary alicyclic amines) is 1. The largest absolute Gasteiger partial charge is 0.336 e. The molecule has 11 nitrogen and oxygen atoms in total. The molecule has 1 saturated heterocycles. The van der Waals surface area contributed by atoms with Gasteiger partial charge in [0.05, 0.1) is 17.0 Å². The van der Waals surface area contributed by atoms with E-state index >= 15 is 0 Å². The van der Waals surface area contributed by atoms with Crippen molar-refractivity contribution in [2.45, 2.75) is 18.7 Å². The number of aryl methyl sites for hydroxylation is 2. The quantitative estimate of drug-likeness (QED) is 0.553. The van der Waals surface area contributed by atoms with Gasteiger partial charge in [-0.2, -0.15) is 0 Å². The van der Waals surface area contributed by atoms with Gasteiger partial charge in [0.15, 0.2) is 0 Å². The van der Waals surface area contributed by atoms with Crippen LogP contribution in [0.3, 0.4) is 0 Å². The van der Waals surface area contributed by atoms with E-state index < -0.39 is 10.0 Å². The zero-order valence-corrected chi connectivity index (χ0v) is 18.7. The third kappa shape index (κ3) is 5.12. The van der Waals surface area contributed by atoms with Crippen LogP contribution in [-0.4, -0.2) is 58.2 Å². The van der Waals surface area contributed by atoms with Crippen LogP contribution >= 0.6 is 0 Å². The summed E-state index contributed by atoms with van der Waals surface area (Å²) in [6, 6.07) is 7.33. The van der Waals surface area contributed by atoms with Crippen LogP contribution in [0.4, 0.5) is 11.5 Å². The van der Waals surface area contributed by atoms with Gasteiger partial charge < -0.3 is 10.2 Å². The number of carbonyl (C=O) groups is 2. The first-order valence-corrected chi connectivity index (χ1v) is 11.5. The summed E-state index contributed by atoms with van der Waals surface area (Å²) in [6.45, 7) is 3.97. The molecule has 0 spiro atoms. The zero-order valence-electron chi connectivity index (χ0n) is 17.9. The smallest absolute Gasteiger partial charge is 0.274 e. The van der Waals surface area contributed by atoms with Gasteiger partial charge in [0.1, 0.15) is 17.3 Å². The summed E-state index contributed by atoms with van der Waals surface area (Å²) >= 11 is 0. The fraction of sp³-hybridized carbons (Fsp3) is 0.238. The number of amides is 2.